The fraction of sp³-hybridized carbons (Fsp3) is 0.273. The number of aliphatic carboxylic acids is 1. The van der Waals surface area contributed by atoms with Crippen molar-refractivity contribution in [1.29, 1.82) is 0 Å². The van der Waals surface area contributed by atoms with Gasteiger partial charge in [0.05, 0.1) is 18.7 Å². The summed E-state index contributed by atoms with van der Waals surface area (Å²) in [6, 6.07) is 10.8. The van der Waals surface area contributed by atoms with Crippen LogP contribution in [0.5, 0.6) is 5.75 Å². The Morgan fingerprint density at radius 2 is 1.86 bits per heavy atom. The number of amides is 1. The number of carbonyl (C=O) groups is 2. The van der Waals surface area contributed by atoms with Gasteiger partial charge in [-0.1, -0.05) is 24.3 Å². The predicted octanol–water partition coefficient (Wildman–Crippen LogP) is 3.93. The summed E-state index contributed by atoms with van der Waals surface area (Å²) in [5.74, 6) is -0.651. The van der Waals surface area contributed by atoms with Gasteiger partial charge in [0.2, 0.25) is 5.91 Å². The maximum atomic E-state index is 12.5. The van der Waals surface area contributed by atoms with E-state index in [1.165, 1.54) is 0 Å². The molecule has 1 unspecified atom stereocenters. The Morgan fingerprint density at radius 3 is 2.54 bits per heavy atom. The summed E-state index contributed by atoms with van der Waals surface area (Å²) in [6.45, 7) is 5.55. The Labute approximate surface area is 163 Å². The first kappa shape index (κ1) is 19.5. The highest BCUT2D eigenvalue weighted by Gasteiger charge is 2.15. The van der Waals surface area contributed by atoms with Gasteiger partial charge >= 0.3 is 5.97 Å². The van der Waals surface area contributed by atoms with E-state index in [1.807, 2.05) is 45.0 Å². The molecule has 1 aromatic heterocycles. The summed E-state index contributed by atoms with van der Waals surface area (Å²) in [5, 5.41) is 12.6. The standard InChI is InChI=1S/C22H23NO5/c1-13-4-9-19-17(11-28-22(19)14(13)2)10-20(24)23-15(3)16-5-7-18(8-6-16)27-12-21(25)26/h4-9,11,15H,10,12H2,1-3H3,(H,23,24)(H,25,26). The quantitative estimate of drug-likeness (QED) is 0.647. The predicted molar refractivity (Wildman–Crippen MR) is 106 cm³/mol. The minimum Gasteiger partial charge on any atom is -0.482 e. The van der Waals surface area contributed by atoms with Gasteiger partial charge in [0.15, 0.2) is 6.61 Å². The molecule has 1 heterocycles. The van der Waals surface area contributed by atoms with E-state index in [2.05, 4.69) is 5.32 Å². The van der Waals surface area contributed by atoms with E-state index in [9.17, 15) is 9.59 Å². The van der Waals surface area contributed by atoms with Gasteiger partial charge in [-0.05, 0) is 49.6 Å². The molecule has 6 nitrogen and oxygen atoms in total. The normalized spacial score (nSPS) is 12.0. The van der Waals surface area contributed by atoms with Crippen LogP contribution in [-0.2, 0) is 16.0 Å². The number of furan rings is 1. The molecule has 6 heteroatoms. The molecule has 2 N–H and O–H groups in total. The van der Waals surface area contributed by atoms with Crippen molar-refractivity contribution >= 4 is 22.8 Å². The molecule has 1 atom stereocenters. The van der Waals surface area contributed by atoms with Crippen LogP contribution in [0, 0.1) is 13.8 Å². The zero-order valence-electron chi connectivity index (χ0n) is 16.1. The number of rotatable bonds is 7. The molecule has 0 bridgehead atoms. The van der Waals surface area contributed by atoms with Crippen LogP contribution in [0.15, 0.2) is 47.1 Å². The summed E-state index contributed by atoms with van der Waals surface area (Å²) < 4.78 is 10.8. The average Bonchev–Trinajstić information content (AvgIpc) is 3.06. The lowest BCUT2D eigenvalue weighted by Crippen LogP contribution is -2.28. The molecule has 0 spiro atoms. The molecule has 0 radical (unpaired) electrons. The number of carboxylic acids is 1. The third-order valence-corrected chi connectivity index (χ3v) is 4.81. The molecule has 0 aliphatic heterocycles. The lowest BCUT2D eigenvalue weighted by atomic mass is 10.0. The van der Waals surface area contributed by atoms with Crippen LogP contribution in [0.25, 0.3) is 11.0 Å². The second kappa shape index (κ2) is 8.17. The van der Waals surface area contributed by atoms with Crippen molar-refractivity contribution in [2.75, 3.05) is 6.61 Å². The molecule has 0 aliphatic rings. The van der Waals surface area contributed by atoms with Crippen LogP contribution in [0.2, 0.25) is 0 Å². The first-order chi connectivity index (χ1) is 13.3. The van der Waals surface area contributed by atoms with Crippen molar-refractivity contribution in [1.82, 2.24) is 5.32 Å². The smallest absolute Gasteiger partial charge is 0.341 e. The number of ether oxygens (including phenoxy) is 1. The van der Waals surface area contributed by atoms with E-state index in [0.29, 0.717) is 5.75 Å². The SMILES string of the molecule is Cc1ccc2c(CC(=O)NC(C)c3ccc(OCC(=O)O)cc3)coc2c1C. The zero-order chi connectivity index (χ0) is 20.3. The molecule has 28 heavy (non-hydrogen) atoms. The van der Waals surface area contributed by atoms with Gasteiger partial charge < -0.3 is 19.6 Å². The van der Waals surface area contributed by atoms with Gasteiger partial charge in [-0.25, -0.2) is 4.79 Å². The van der Waals surface area contributed by atoms with Gasteiger partial charge in [0.25, 0.3) is 0 Å². The number of benzene rings is 2. The van der Waals surface area contributed by atoms with Gasteiger partial charge in [-0.15, -0.1) is 0 Å². The topological polar surface area (TPSA) is 88.8 Å². The number of aryl methyl sites for hydroxylation is 2. The Balaban J connectivity index is 1.63. The molecule has 0 saturated carbocycles. The molecular formula is C22H23NO5. The molecule has 3 rings (SSSR count). The molecule has 146 valence electrons. The monoisotopic (exact) mass is 381 g/mol. The summed E-state index contributed by atoms with van der Waals surface area (Å²) in [7, 11) is 0. The Morgan fingerprint density at radius 1 is 1.14 bits per heavy atom. The second-order valence-electron chi connectivity index (χ2n) is 6.86. The molecule has 3 aromatic rings. The highest BCUT2D eigenvalue weighted by molar-refractivity contribution is 5.89. The Kier molecular flexibility index (Phi) is 5.68. The number of nitrogens with one attached hydrogen (secondary N) is 1. The molecule has 1 amide bonds. The van der Waals surface area contributed by atoms with E-state index in [4.69, 9.17) is 14.3 Å². The minimum absolute atomic E-state index is 0.0976. The highest BCUT2D eigenvalue weighted by Crippen LogP contribution is 2.27. The molecule has 0 fully saturated rings. The highest BCUT2D eigenvalue weighted by atomic mass is 16.5. The van der Waals surface area contributed by atoms with Gasteiger partial charge in [-0.3, -0.25) is 4.79 Å². The zero-order valence-corrected chi connectivity index (χ0v) is 16.1. The van der Waals surface area contributed by atoms with Crippen molar-refractivity contribution in [2.45, 2.75) is 33.2 Å². The van der Waals surface area contributed by atoms with Gasteiger partial charge in [0, 0.05) is 10.9 Å². The second-order valence-corrected chi connectivity index (χ2v) is 6.86. The van der Waals surface area contributed by atoms with E-state index in [-0.39, 0.29) is 25.0 Å². The lowest BCUT2D eigenvalue weighted by molar-refractivity contribution is -0.139. The van der Waals surface area contributed by atoms with Crippen LogP contribution in [0.4, 0.5) is 0 Å². The number of carbonyl (C=O) groups excluding carboxylic acids is 1. The fourth-order valence-corrected chi connectivity index (χ4v) is 3.07. The molecule has 0 aliphatic carbocycles. The summed E-state index contributed by atoms with van der Waals surface area (Å²) in [4.78, 5) is 23.0. The largest absolute Gasteiger partial charge is 0.482 e. The summed E-state index contributed by atoms with van der Waals surface area (Å²) in [5.41, 5.74) is 4.83. The Hall–Kier alpha value is -3.28. The number of hydrogen-bond acceptors (Lipinski definition) is 4. The first-order valence-electron chi connectivity index (χ1n) is 9.05. The maximum absolute atomic E-state index is 12.5. The summed E-state index contributed by atoms with van der Waals surface area (Å²) >= 11 is 0. The van der Waals surface area contributed by atoms with Crippen molar-refractivity contribution in [3.05, 3.63) is 64.9 Å². The van der Waals surface area contributed by atoms with E-state index in [0.717, 1.165) is 33.2 Å². The third kappa shape index (κ3) is 4.34. The van der Waals surface area contributed by atoms with Crippen LogP contribution < -0.4 is 10.1 Å². The minimum atomic E-state index is -1.03. The van der Waals surface area contributed by atoms with Crippen LogP contribution in [0.1, 0.15) is 35.2 Å². The van der Waals surface area contributed by atoms with Crippen LogP contribution in [-0.4, -0.2) is 23.6 Å². The van der Waals surface area contributed by atoms with E-state index >= 15 is 0 Å². The van der Waals surface area contributed by atoms with Gasteiger partial charge in [-0.2, -0.15) is 0 Å². The van der Waals surface area contributed by atoms with Gasteiger partial charge in [0.1, 0.15) is 11.3 Å². The molecular weight excluding hydrogens is 358 g/mol. The average molecular weight is 381 g/mol. The maximum Gasteiger partial charge on any atom is 0.341 e. The summed E-state index contributed by atoms with van der Waals surface area (Å²) in [6.07, 6.45) is 1.88. The molecule has 0 saturated heterocycles. The van der Waals surface area contributed by atoms with E-state index in [1.54, 1.807) is 18.4 Å². The van der Waals surface area contributed by atoms with E-state index < -0.39 is 5.97 Å². The van der Waals surface area contributed by atoms with Crippen molar-refractivity contribution < 1.29 is 23.8 Å². The van der Waals surface area contributed by atoms with Crippen molar-refractivity contribution in [3.8, 4) is 5.75 Å². The third-order valence-electron chi connectivity index (χ3n) is 4.81. The fourth-order valence-electron chi connectivity index (χ4n) is 3.07. The van der Waals surface area contributed by atoms with Crippen LogP contribution in [0.3, 0.4) is 0 Å². The number of carboxylic acid groups (broad SMARTS) is 1. The van der Waals surface area contributed by atoms with Crippen LogP contribution >= 0.6 is 0 Å². The lowest BCUT2D eigenvalue weighted by Gasteiger charge is -2.15. The molecule has 2 aromatic carbocycles. The number of fused-ring (bicyclic) bond motifs is 1. The Bertz CT molecular complexity index is 1000. The van der Waals surface area contributed by atoms with Crippen molar-refractivity contribution in [2.24, 2.45) is 0 Å². The first-order valence-corrected chi connectivity index (χ1v) is 9.05. The van der Waals surface area contributed by atoms with Crippen molar-refractivity contribution in [3.63, 3.8) is 0 Å². The number of hydrogen-bond donors (Lipinski definition) is 2.